The first-order chi connectivity index (χ1) is 15.9. The predicted molar refractivity (Wildman–Crippen MR) is 127 cm³/mol. The van der Waals surface area contributed by atoms with Crippen LogP contribution in [0.4, 0.5) is 0 Å². The van der Waals surface area contributed by atoms with E-state index in [9.17, 15) is 4.79 Å². The first-order valence-electron chi connectivity index (χ1n) is 13.4. The van der Waals surface area contributed by atoms with E-state index in [2.05, 4.69) is 30.9 Å². The number of nitrogens with zero attached hydrogens (tertiary/aromatic N) is 3. The second-order valence-electron chi connectivity index (χ2n) is 12.3. The van der Waals surface area contributed by atoms with Gasteiger partial charge >= 0.3 is 0 Å². The summed E-state index contributed by atoms with van der Waals surface area (Å²) in [4.78, 5) is 17.9. The molecule has 9 atom stereocenters. The Bertz CT molecular complexity index is 997. The molecule has 4 saturated carbocycles. The van der Waals surface area contributed by atoms with E-state index in [0.29, 0.717) is 24.1 Å². The Hall–Kier alpha value is -1.91. The first-order valence-corrected chi connectivity index (χ1v) is 13.4. The largest absolute Gasteiger partial charge is 0.444 e. The molecule has 5 heteroatoms. The first kappa shape index (κ1) is 21.6. The fraction of sp³-hybridized carbons (Fsp3) is 0.750. The number of carbonyl (C=O) groups is 1. The summed E-state index contributed by atoms with van der Waals surface area (Å²) in [5, 5.41) is 4.45. The van der Waals surface area contributed by atoms with Crippen molar-refractivity contribution >= 4 is 5.78 Å². The molecule has 178 valence electrons. The van der Waals surface area contributed by atoms with Crippen LogP contribution in [0.25, 0.3) is 11.5 Å². The Kier molecular flexibility index (Phi) is 5.30. The van der Waals surface area contributed by atoms with Crippen LogP contribution in [0, 0.1) is 52.8 Å². The van der Waals surface area contributed by atoms with Crippen molar-refractivity contribution in [2.24, 2.45) is 52.8 Å². The zero-order chi connectivity index (χ0) is 22.7. The second-order valence-corrected chi connectivity index (χ2v) is 12.3. The highest BCUT2D eigenvalue weighted by atomic mass is 16.3. The molecule has 0 aromatic carbocycles. The van der Waals surface area contributed by atoms with Crippen molar-refractivity contribution < 1.29 is 9.21 Å². The van der Waals surface area contributed by atoms with Crippen molar-refractivity contribution in [1.29, 1.82) is 0 Å². The summed E-state index contributed by atoms with van der Waals surface area (Å²) >= 11 is 0. The van der Waals surface area contributed by atoms with Gasteiger partial charge in [0.1, 0.15) is 6.26 Å². The topological polar surface area (TPSA) is 60.9 Å². The average Bonchev–Trinajstić information content (AvgIpc) is 3.51. The smallest absolute Gasteiger partial charge is 0.229 e. The molecule has 2 heterocycles. The van der Waals surface area contributed by atoms with Crippen molar-refractivity contribution in [3.63, 3.8) is 0 Å². The fourth-order valence-corrected chi connectivity index (χ4v) is 9.32. The maximum atomic E-state index is 13.7. The third-order valence-electron chi connectivity index (χ3n) is 10.5. The van der Waals surface area contributed by atoms with Crippen LogP contribution in [-0.4, -0.2) is 20.5 Å². The molecule has 4 aliphatic rings. The van der Waals surface area contributed by atoms with Crippen LogP contribution in [0.5, 0.6) is 0 Å². The van der Waals surface area contributed by atoms with E-state index in [0.717, 1.165) is 41.1 Å². The van der Waals surface area contributed by atoms with Crippen LogP contribution in [0.1, 0.15) is 72.1 Å². The number of Topliss-reactive ketones (excluding diaryl/α,β-unsaturated/α-hetero) is 1. The third-order valence-corrected chi connectivity index (χ3v) is 10.5. The molecule has 6 rings (SSSR count). The van der Waals surface area contributed by atoms with Gasteiger partial charge in [-0.2, -0.15) is 5.10 Å². The fourth-order valence-electron chi connectivity index (χ4n) is 9.32. The van der Waals surface area contributed by atoms with Crippen LogP contribution < -0.4 is 0 Å². The number of hydrogen-bond donors (Lipinski definition) is 0. The average molecular weight is 450 g/mol. The SMILES string of the molecule is CC1CCC2C(CCC3C2CCC2(C)C3CC(C)C2C(=O)Cn2cc(-c3ncco3)cn2)C1. The summed E-state index contributed by atoms with van der Waals surface area (Å²) in [6.45, 7) is 7.63. The van der Waals surface area contributed by atoms with Gasteiger partial charge in [-0.15, -0.1) is 0 Å². The molecule has 5 nitrogen and oxygen atoms in total. The van der Waals surface area contributed by atoms with Gasteiger partial charge in [0.15, 0.2) is 5.78 Å². The van der Waals surface area contributed by atoms with Crippen LogP contribution in [0.3, 0.4) is 0 Å². The Balaban J connectivity index is 1.19. The van der Waals surface area contributed by atoms with Gasteiger partial charge in [-0.25, -0.2) is 4.98 Å². The van der Waals surface area contributed by atoms with Crippen molar-refractivity contribution in [2.75, 3.05) is 0 Å². The summed E-state index contributed by atoms with van der Waals surface area (Å²) in [6.07, 6.45) is 17.9. The number of aromatic nitrogens is 3. The molecule has 9 unspecified atom stereocenters. The van der Waals surface area contributed by atoms with Gasteiger partial charge in [0, 0.05) is 12.1 Å². The van der Waals surface area contributed by atoms with E-state index in [1.165, 1.54) is 51.4 Å². The van der Waals surface area contributed by atoms with Gasteiger partial charge in [-0.3, -0.25) is 9.48 Å². The van der Waals surface area contributed by atoms with Gasteiger partial charge in [0.25, 0.3) is 0 Å². The summed E-state index contributed by atoms with van der Waals surface area (Å²) < 4.78 is 7.17. The van der Waals surface area contributed by atoms with Crippen molar-refractivity contribution in [3.05, 3.63) is 24.9 Å². The van der Waals surface area contributed by atoms with Crippen LogP contribution in [0.2, 0.25) is 0 Å². The molecule has 0 radical (unpaired) electrons. The maximum absolute atomic E-state index is 13.7. The summed E-state index contributed by atoms with van der Waals surface area (Å²) in [5.41, 5.74) is 0.987. The summed E-state index contributed by atoms with van der Waals surface area (Å²) in [5.74, 6) is 6.91. The lowest BCUT2D eigenvalue weighted by molar-refractivity contribution is -0.132. The van der Waals surface area contributed by atoms with Crippen LogP contribution in [0.15, 0.2) is 29.3 Å². The Labute approximate surface area is 197 Å². The van der Waals surface area contributed by atoms with Gasteiger partial charge in [-0.05, 0) is 91.8 Å². The monoisotopic (exact) mass is 449 g/mol. The number of carbonyl (C=O) groups excluding carboxylic acids is 1. The molecule has 0 amide bonds. The molecule has 0 aliphatic heterocycles. The molecular weight excluding hydrogens is 410 g/mol. The van der Waals surface area contributed by atoms with E-state index in [4.69, 9.17) is 4.42 Å². The van der Waals surface area contributed by atoms with Crippen molar-refractivity contribution in [1.82, 2.24) is 14.8 Å². The summed E-state index contributed by atoms with van der Waals surface area (Å²) in [7, 11) is 0. The molecule has 0 N–H and O–H groups in total. The van der Waals surface area contributed by atoms with Crippen molar-refractivity contribution in [3.8, 4) is 11.5 Å². The molecule has 2 aromatic rings. The Morgan fingerprint density at radius 3 is 2.79 bits per heavy atom. The Morgan fingerprint density at radius 2 is 1.97 bits per heavy atom. The van der Waals surface area contributed by atoms with Crippen LogP contribution in [-0.2, 0) is 11.3 Å². The molecule has 4 aliphatic carbocycles. The number of oxazole rings is 1. The number of hydrogen-bond acceptors (Lipinski definition) is 4. The number of ketones is 1. The second kappa shape index (κ2) is 8.09. The third kappa shape index (κ3) is 3.52. The van der Waals surface area contributed by atoms with Gasteiger partial charge < -0.3 is 4.42 Å². The molecule has 33 heavy (non-hydrogen) atoms. The lowest BCUT2D eigenvalue weighted by Crippen LogP contribution is -2.49. The quantitative estimate of drug-likeness (QED) is 0.553. The highest BCUT2D eigenvalue weighted by Crippen LogP contribution is 2.65. The van der Waals surface area contributed by atoms with E-state index in [-0.39, 0.29) is 11.3 Å². The zero-order valence-corrected chi connectivity index (χ0v) is 20.5. The standard InChI is InChI=1S/C28H39N3O2/c1-17-4-6-21-19(12-17)5-7-23-22(21)8-9-28(3)24(23)13-18(2)26(28)25(32)16-31-15-20(14-30-31)27-29-10-11-33-27/h10-11,14-15,17-19,21-24,26H,4-9,12-13,16H2,1-3H3. The van der Waals surface area contributed by atoms with E-state index >= 15 is 0 Å². The van der Waals surface area contributed by atoms with Gasteiger partial charge in [0.05, 0.1) is 24.5 Å². The minimum absolute atomic E-state index is 0.155. The molecule has 0 spiro atoms. The zero-order valence-electron chi connectivity index (χ0n) is 20.5. The van der Waals surface area contributed by atoms with Crippen molar-refractivity contribution in [2.45, 2.75) is 78.7 Å². The molecule has 4 fully saturated rings. The predicted octanol–water partition coefficient (Wildman–Crippen LogP) is 6.26. The van der Waals surface area contributed by atoms with Crippen LogP contribution >= 0.6 is 0 Å². The maximum Gasteiger partial charge on any atom is 0.229 e. The highest BCUT2D eigenvalue weighted by Gasteiger charge is 2.60. The minimum Gasteiger partial charge on any atom is -0.444 e. The molecular formula is C28H39N3O2. The van der Waals surface area contributed by atoms with E-state index < -0.39 is 0 Å². The number of rotatable bonds is 4. The molecule has 0 saturated heterocycles. The molecule has 0 bridgehead atoms. The normalized spacial score (nSPS) is 42.4. The minimum atomic E-state index is 0.155. The summed E-state index contributed by atoms with van der Waals surface area (Å²) in [6, 6.07) is 0. The lowest BCUT2D eigenvalue weighted by Gasteiger charge is -2.56. The highest BCUT2D eigenvalue weighted by molar-refractivity contribution is 5.82. The van der Waals surface area contributed by atoms with E-state index in [1.807, 2.05) is 6.20 Å². The Morgan fingerprint density at radius 1 is 1.12 bits per heavy atom. The van der Waals surface area contributed by atoms with E-state index in [1.54, 1.807) is 23.3 Å². The molecule has 2 aromatic heterocycles. The lowest BCUT2D eigenvalue weighted by atomic mass is 9.49. The van der Waals surface area contributed by atoms with Gasteiger partial charge in [0.2, 0.25) is 5.89 Å². The van der Waals surface area contributed by atoms with Gasteiger partial charge in [-0.1, -0.05) is 27.2 Å². The number of fused-ring (bicyclic) bond motifs is 5.